The highest BCUT2D eigenvalue weighted by molar-refractivity contribution is 9.10. The van der Waals surface area contributed by atoms with Crippen LogP contribution in [0.5, 0.6) is 0 Å². The zero-order chi connectivity index (χ0) is 14.5. The van der Waals surface area contributed by atoms with Gasteiger partial charge in [0, 0.05) is 18.8 Å². The molecule has 112 valence electrons. The summed E-state index contributed by atoms with van der Waals surface area (Å²) in [4.78, 5) is 8.86. The van der Waals surface area contributed by atoms with E-state index < -0.39 is 0 Å². The quantitative estimate of drug-likeness (QED) is 0.838. The van der Waals surface area contributed by atoms with Crippen LogP contribution in [0.1, 0.15) is 46.5 Å². The number of hydrogen-bond donors (Lipinski definition) is 2. The van der Waals surface area contributed by atoms with E-state index in [1.54, 1.807) is 0 Å². The second kappa shape index (κ2) is 7.25. The summed E-state index contributed by atoms with van der Waals surface area (Å²) < 4.78 is 0.936. The lowest BCUT2D eigenvalue weighted by Gasteiger charge is -2.32. The predicted octanol–water partition coefficient (Wildman–Crippen LogP) is 4.30. The van der Waals surface area contributed by atoms with Crippen molar-refractivity contribution in [3.05, 3.63) is 10.7 Å². The summed E-state index contributed by atoms with van der Waals surface area (Å²) >= 11 is 3.54. The van der Waals surface area contributed by atoms with Gasteiger partial charge in [-0.3, -0.25) is 0 Å². The third kappa shape index (κ3) is 4.33. The van der Waals surface area contributed by atoms with Crippen molar-refractivity contribution in [2.75, 3.05) is 17.2 Å². The normalized spacial score (nSPS) is 26.3. The van der Waals surface area contributed by atoms with Gasteiger partial charge in [-0.05, 0) is 53.4 Å². The summed E-state index contributed by atoms with van der Waals surface area (Å²) in [7, 11) is 0. The van der Waals surface area contributed by atoms with Gasteiger partial charge in [0.1, 0.15) is 5.82 Å². The van der Waals surface area contributed by atoms with Crippen molar-refractivity contribution in [2.24, 2.45) is 11.8 Å². The fourth-order valence-electron chi connectivity index (χ4n) is 3.05. The Morgan fingerprint density at radius 3 is 2.60 bits per heavy atom. The van der Waals surface area contributed by atoms with Gasteiger partial charge < -0.3 is 10.6 Å². The minimum Gasteiger partial charge on any atom is -0.366 e. The van der Waals surface area contributed by atoms with E-state index in [9.17, 15) is 0 Å². The molecule has 1 saturated carbocycles. The van der Waals surface area contributed by atoms with E-state index in [1.807, 2.05) is 6.20 Å². The molecule has 2 rings (SSSR count). The largest absolute Gasteiger partial charge is 0.366 e. The molecule has 2 unspecified atom stereocenters. The van der Waals surface area contributed by atoms with Crippen molar-refractivity contribution >= 4 is 27.7 Å². The number of rotatable bonds is 5. The van der Waals surface area contributed by atoms with Crippen LogP contribution in [0.3, 0.4) is 0 Å². The maximum Gasteiger partial charge on any atom is 0.224 e. The minimum atomic E-state index is 0.513. The molecule has 4 nitrogen and oxygen atoms in total. The van der Waals surface area contributed by atoms with E-state index in [-0.39, 0.29) is 0 Å². The smallest absolute Gasteiger partial charge is 0.224 e. The fraction of sp³-hybridized carbons (Fsp3) is 0.733. The van der Waals surface area contributed by atoms with Crippen molar-refractivity contribution < 1.29 is 0 Å². The number of halogens is 1. The van der Waals surface area contributed by atoms with Crippen molar-refractivity contribution in [1.82, 2.24) is 9.97 Å². The number of hydrogen-bond acceptors (Lipinski definition) is 4. The Hall–Kier alpha value is -0.840. The maximum atomic E-state index is 4.57. The highest BCUT2D eigenvalue weighted by Gasteiger charge is 2.24. The number of anilines is 2. The summed E-state index contributed by atoms with van der Waals surface area (Å²) in [5.74, 6) is 3.18. The molecule has 0 aliphatic heterocycles. The van der Waals surface area contributed by atoms with Crippen LogP contribution in [0, 0.1) is 11.8 Å². The van der Waals surface area contributed by atoms with Crippen LogP contribution in [0.15, 0.2) is 10.7 Å². The zero-order valence-electron chi connectivity index (χ0n) is 12.6. The van der Waals surface area contributed by atoms with Gasteiger partial charge in [-0.15, -0.1) is 0 Å². The Bertz CT molecular complexity index is 428. The van der Waals surface area contributed by atoms with Crippen LogP contribution >= 0.6 is 15.9 Å². The Morgan fingerprint density at radius 1 is 1.25 bits per heavy atom. The third-order valence-electron chi connectivity index (χ3n) is 3.80. The Kier molecular flexibility index (Phi) is 5.64. The molecule has 0 saturated heterocycles. The summed E-state index contributed by atoms with van der Waals surface area (Å²) in [5, 5.41) is 6.82. The zero-order valence-corrected chi connectivity index (χ0v) is 14.2. The lowest BCUT2D eigenvalue weighted by atomic mass is 9.80. The van der Waals surface area contributed by atoms with Gasteiger partial charge >= 0.3 is 0 Å². The summed E-state index contributed by atoms with van der Waals surface area (Å²) in [6.07, 6.45) is 6.67. The standard InChI is InChI=1S/C15H25BrN4/c1-4-5-17-15-18-9-13(16)14(20-15)19-12-7-10(2)6-11(3)8-12/h9-12H,4-8H2,1-3H3,(H2,17,18,19,20). The van der Waals surface area contributed by atoms with Gasteiger partial charge in [-0.2, -0.15) is 4.98 Å². The Balaban J connectivity index is 2.03. The van der Waals surface area contributed by atoms with Crippen LogP contribution in [0.25, 0.3) is 0 Å². The molecule has 1 aromatic heterocycles. The first-order chi connectivity index (χ1) is 9.58. The highest BCUT2D eigenvalue weighted by Crippen LogP contribution is 2.31. The van der Waals surface area contributed by atoms with Crippen molar-refractivity contribution in [1.29, 1.82) is 0 Å². The molecule has 0 aromatic carbocycles. The molecule has 1 aromatic rings. The SMILES string of the molecule is CCCNc1ncc(Br)c(NC2CC(C)CC(C)C2)n1. The third-order valence-corrected chi connectivity index (χ3v) is 4.38. The Morgan fingerprint density at radius 2 is 1.95 bits per heavy atom. The van der Waals surface area contributed by atoms with E-state index in [4.69, 9.17) is 0 Å². The van der Waals surface area contributed by atoms with E-state index in [2.05, 4.69) is 57.3 Å². The van der Waals surface area contributed by atoms with Crippen molar-refractivity contribution in [3.8, 4) is 0 Å². The van der Waals surface area contributed by atoms with Crippen molar-refractivity contribution in [2.45, 2.75) is 52.5 Å². The minimum absolute atomic E-state index is 0.513. The van der Waals surface area contributed by atoms with Gasteiger partial charge in [-0.1, -0.05) is 20.8 Å². The average molecular weight is 341 g/mol. The molecule has 20 heavy (non-hydrogen) atoms. The lowest BCUT2D eigenvalue weighted by Crippen LogP contribution is -2.30. The molecule has 1 fully saturated rings. The van der Waals surface area contributed by atoms with Crippen LogP contribution in [-0.2, 0) is 0 Å². The summed E-state index contributed by atoms with van der Waals surface area (Å²) in [6.45, 7) is 7.72. The Labute approximate surface area is 130 Å². The van der Waals surface area contributed by atoms with Gasteiger partial charge in [0.2, 0.25) is 5.95 Å². The predicted molar refractivity (Wildman–Crippen MR) is 88.1 cm³/mol. The van der Waals surface area contributed by atoms with Crippen molar-refractivity contribution in [3.63, 3.8) is 0 Å². The van der Waals surface area contributed by atoms with Gasteiger partial charge in [0.25, 0.3) is 0 Å². The van der Waals surface area contributed by atoms with Gasteiger partial charge in [0.15, 0.2) is 0 Å². The number of nitrogens with one attached hydrogen (secondary N) is 2. The van der Waals surface area contributed by atoms with E-state index in [0.29, 0.717) is 12.0 Å². The molecular weight excluding hydrogens is 316 g/mol. The first kappa shape index (κ1) is 15.5. The summed E-state index contributed by atoms with van der Waals surface area (Å²) in [6, 6.07) is 0.513. The van der Waals surface area contributed by atoms with Gasteiger partial charge in [0.05, 0.1) is 4.47 Å². The molecule has 0 bridgehead atoms. The molecule has 2 N–H and O–H groups in total. The topological polar surface area (TPSA) is 49.8 Å². The molecule has 5 heteroatoms. The summed E-state index contributed by atoms with van der Waals surface area (Å²) in [5.41, 5.74) is 0. The second-order valence-electron chi connectivity index (χ2n) is 6.08. The number of aromatic nitrogens is 2. The van der Waals surface area contributed by atoms with E-state index >= 15 is 0 Å². The fourth-order valence-corrected chi connectivity index (χ4v) is 3.35. The molecule has 1 aliphatic rings. The first-order valence-electron chi connectivity index (χ1n) is 7.61. The maximum absolute atomic E-state index is 4.57. The monoisotopic (exact) mass is 340 g/mol. The molecule has 0 radical (unpaired) electrons. The molecule has 0 amide bonds. The molecule has 0 spiro atoms. The van der Waals surface area contributed by atoms with Gasteiger partial charge in [-0.25, -0.2) is 4.98 Å². The highest BCUT2D eigenvalue weighted by atomic mass is 79.9. The molecule has 2 atom stereocenters. The van der Waals surface area contributed by atoms with Crippen LogP contribution in [0.2, 0.25) is 0 Å². The molecule has 1 aliphatic carbocycles. The molecule has 1 heterocycles. The lowest BCUT2D eigenvalue weighted by molar-refractivity contribution is 0.280. The first-order valence-corrected chi connectivity index (χ1v) is 8.40. The number of nitrogens with zero attached hydrogens (tertiary/aromatic N) is 2. The average Bonchev–Trinajstić information content (AvgIpc) is 2.38. The van der Waals surface area contributed by atoms with Crippen LogP contribution in [0.4, 0.5) is 11.8 Å². The van der Waals surface area contributed by atoms with Crippen LogP contribution in [-0.4, -0.2) is 22.6 Å². The van der Waals surface area contributed by atoms with E-state index in [0.717, 1.165) is 35.1 Å². The second-order valence-corrected chi connectivity index (χ2v) is 6.93. The van der Waals surface area contributed by atoms with E-state index in [1.165, 1.54) is 19.3 Å². The van der Waals surface area contributed by atoms with Crippen LogP contribution < -0.4 is 10.6 Å². The molecular formula is C15H25BrN4.